The largest absolute Gasteiger partial charge is 0.271 e. The van der Waals surface area contributed by atoms with Crippen molar-refractivity contribution >= 4 is 0 Å². The number of hydrogen-bond donors (Lipinski definition) is 2. The van der Waals surface area contributed by atoms with Crippen LogP contribution < -0.4 is 11.3 Å². The molecule has 1 aliphatic rings. The van der Waals surface area contributed by atoms with Crippen molar-refractivity contribution in [1.82, 2.24) is 5.43 Å². The molecule has 0 aromatic heterocycles. The highest BCUT2D eigenvalue weighted by Gasteiger charge is 2.27. The summed E-state index contributed by atoms with van der Waals surface area (Å²) in [6.07, 6.45) is 4.86. The zero-order valence-electron chi connectivity index (χ0n) is 8.64. The van der Waals surface area contributed by atoms with E-state index >= 15 is 0 Å². The van der Waals surface area contributed by atoms with Gasteiger partial charge in [-0.1, -0.05) is 13.3 Å². The summed E-state index contributed by atoms with van der Waals surface area (Å²) in [5, 5.41) is 0. The predicted molar refractivity (Wildman–Crippen MR) is 55.7 cm³/mol. The van der Waals surface area contributed by atoms with E-state index in [0.717, 1.165) is 18.3 Å². The summed E-state index contributed by atoms with van der Waals surface area (Å²) >= 11 is 0. The van der Waals surface area contributed by atoms with Crippen molar-refractivity contribution < 1.29 is 0 Å². The summed E-state index contributed by atoms with van der Waals surface area (Å²) < 4.78 is 0. The van der Waals surface area contributed by atoms with Crippen molar-refractivity contribution in [2.75, 3.05) is 0 Å². The Hall–Kier alpha value is -0.520. The molecule has 0 aromatic carbocycles. The lowest BCUT2D eigenvalue weighted by Gasteiger charge is -2.20. The molecule has 3 atom stereocenters. The first-order valence-corrected chi connectivity index (χ1v) is 5.13. The van der Waals surface area contributed by atoms with Gasteiger partial charge in [0.05, 0.1) is 0 Å². The molecule has 0 saturated heterocycles. The number of nitrogens with one attached hydrogen (secondary N) is 1. The van der Waals surface area contributed by atoms with Gasteiger partial charge in [0.1, 0.15) is 0 Å². The van der Waals surface area contributed by atoms with E-state index < -0.39 is 0 Å². The summed E-state index contributed by atoms with van der Waals surface area (Å²) in [4.78, 5) is 0. The van der Waals surface area contributed by atoms with Crippen LogP contribution in [0.3, 0.4) is 0 Å². The quantitative estimate of drug-likeness (QED) is 0.394. The van der Waals surface area contributed by atoms with E-state index in [0.29, 0.717) is 6.04 Å². The number of hydrogen-bond acceptors (Lipinski definition) is 2. The molecule has 0 radical (unpaired) electrons. The Morgan fingerprint density at radius 2 is 2.31 bits per heavy atom. The number of nitrogens with two attached hydrogens (primary N) is 1. The second-order valence-electron chi connectivity index (χ2n) is 4.08. The van der Waals surface area contributed by atoms with Gasteiger partial charge in [0.15, 0.2) is 0 Å². The van der Waals surface area contributed by atoms with E-state index in [9.17, 15) is 0 Å². The van der Waals surface area contributed by atoms with Crippen LogP contribution in [0.15, 0.2) is 0 Å². The van der Waals surface area contributed by atoms with Gasteiger partial charge in [0, 0.05) is 12.5 Å². The highest BCUT2D eigenvalue weighted by Crippen LogP contribution is 2.33. The van der Waals surface area contributed by atoms with Crippen LogP contribution in [0.25, 0.3) is 0 Å². The van der Waals surface area contributed by atoms with Crippen LogP contribution in [0, 0.1) is 23.7 Å². The average molecular weight is 180 g/mol. The van der Waals surface area contributed by atoms with E-state index in [4.69, 9.17) is 5.84 Å². The summed E-state index contributed by atoms with van der Waals surface area (Å²) in [5.41, 5.74) is 2.90. The number of hydrazine groups is 1. The molecular formula is C11H20N2. The van der Waals surface area contributed by atoms with Gasteiger partial charge in [0.2, 0.25) is 0 Å². The molecule has 3 unspecified atom stereocenters. The Morgan fingerprint density at radius 3 is 2.77 bits per heavy atom. The maximum absolute atomic E-state index is 5.52. The monoisotopic (exact) mass is 180 g/mol. The predicted octanol–water partition coefficient (Wildman–Crippen LogP) is 1.67. The van der Waals surface area contributed by atoms with Gasteiger partial charge in [-0.05, 0) is 31.6 Å². The molecule has 13 heavy (non-hydrogen) atoms. The molecule has 1 saturated carbocycles. The summed E-state index contributed by atoms with van der Waals surface area (Å²) in [6.45, 7) is 4.20. The zero-order chi connectivity index (χ0) is 9.68. The molecule has 1 fully saturated rings. The molecule has 1 aliphatic carbocycles. The SMILES string of the molecule is CC#CCC(NN)C1CCC(C)C1. The van der Waals surface area contributed by atoms with E-state index in [1.54, 1.807) is 0 Å². The second-order valence-corrected chi connectivity index (χ2v) is 4.08. The Morgan fingerprint density at radius 1 is 1.54 bits per heavy atom. The van der Waals surface area contributed by atoms with Gasteiger partial charge >= 0.3 is 0 Å². The third-order valence-electron chi connectivity index (χ3n) is 3.02. The Labute approximate surface area is 81.2 Å². The smallest absolute Gasteiger partial charge is 0.0348 e. The second kappa shape index (κ2) is 5.26. The lowest BCUT2D eigenvalue weighted by atomic mass is 9.95. The van der Waals surface area contributed by atoms with Gasteiger partial charge in [-0.3, -0.25) is 11.3 Å². The molecule has 0 bridgehead atoms. The normalized spacial score (nSPS) is 29.5. The molecular weight excluding hydrogens is 160 g/mol. The maximum Gasteiger partial charge on any atom is 0.0348 e. The first-order valence-electron chi connectivity index (χ1n) is 5.13. The Kier molecular flexibility index (Phi) is 4.27. The highest BCUT2D eigenvalue weighted by molar-refractivity contribution is 4.99. The molecule has 74 valence electrons. The minimum atomic E-state index is 0.400. The van der Waals surface area contributed by atoms with Crippen molar-refractivity contribution in [1.29, 1.82) is 0 Å². The van der Waals surface area contributed by atoms with E-state index in [1.807, 2.05) is 6.92 Å². The zero-order valence-corrected chi connectivity index (χ0v) is 8.64. The van der Waals surface area contributed by atoms with Crippen molar-refractivity contribution in [2.24, 2.45) is 17.7 Å². The van der Waals surface area contributed by atoms with Crippen LogP contribution in [0.2, 0.25) is 0 Å². The molecule has 2 nitrogen and oxygen atoms in total. The van der Waals surface area contributed by atoms with Gasteiger partial charge in [0.25, 0.3) is 0 Å². The average Bonchev–Trinajstić information content (AvgIpc) is 2.54. The van der Waals surface area contributed by atoms with Crippen molar-refractivity contribution in [3.05, 3.63) is 0 Å². The first kappa shape index (κ1) is 10.6. The third-order valence-corrected chi connectivity index (χ3v) is 3.02. The lowest BCUT2D eigenvalue weighted by Crippen LogP contribution is -2.39. The molecule has 2 heteroatoms. The lowest BCUT2D eigenvalue weighted by molar-refractivity contribution is 0.360. The maximum atomic E-state index is 5.52. The van der Waals surface area contributed by atoms with Gasteiger partial charge in [-0.25, -0.2) is 0 Å². The standard InChI is InChI=1S/C11H20N2/c1-3-4-5-11(13-12)10-7-6-9(2)8-10/h9-11,13H,5-8,12H2,1-2H3. The molecule has 1 rings (SSSR count). The minimum Gasteiger partial charge on any atom is -0.271 e. The topological polar surface area (TPSA) is 38.0 Å². The van der Waals surface area contributed by atoms with Crippen molar-refractivity contribution in [2.45, 2.75) is 45.6 Å². The summed E-state index contributed by atoms with van der Waals surface area (Å²) in [5.74, 6) is 13.1. The Balaban J connectivity index is 2.40. The molecule has 0 aliphatic heterocycles. The number of rotatable bonds is 3. The van der Waals surface area contributed by atoms with Gasteiger partial charge < -0.3 is 0 Å². The summed E-state index contributed by atoms with van der Waals surface area (Å²) in [6, 6.07) is 0.400. The highest BCUT2D eigenvalue weighted by atomic mass is 15.2. The molecule has 0 amide bonds. The van der Waals surface area contributed by atoms with Crippen LogP contribution in [0.1, 0.15) is 39.5 Å². The fraction of sp³-hybridized carbons (Fsp3) is 0.818. The van der Waals surface area contributed by atoms with Crippen molar-refractivity contribution in [3.8, 4) is 11.8 Å². The first-order chi connectivity index (χ1) is 6.27. The molecule has 0 aromatic rings. The third kappa shape index (κ3) is 3.02. The molecule has 0 heterocycles. The van der Waals surface area contributed by atoms with Crippen LogP contribution in [-0.4, -0.2) is 6.04 Å². The van der Waals surface area contributed by atoms with Gasteiger partial charge in [-0.15, -0.1) is 11.8 Å². The van der Waals surface area contributed by atoms with Crippen molar-refractivity contribution in [3.63, 3.8) is 0 Å². The van der Waals surface area contributed by atoms with Gasteiger partial charge in [-0.2, -0.15) is 0 Å². The fourth-order valence-corrected chi connectivity index (χ4v) is 2.19. The molecule has 0 spiro atoms. The molecule has 3 N–H and O–H groups in total. The van der Waals surface area contributed by atoms with Crippen LogP contribution in [-0.2, 0) is 0 Å². The summed E-state index contributed by atoms with van der Waals surface area (Å²) in [7, 11) is 0. The van der Waals surface area contributed by atoms with E-state index in [-0.39, 0.29) is 0 Å². The van der Waals surface area contributed by atoms with Crippen LogP contribution in [0.5, 0.6) is 0 Å². The van der Waals surface area contributed by atoms with Crippen LogP contribution in [0.4, 0.5) is 0 Å². The minimum absolute atomic E-state index is 0.400. The van der Waals surface area contributed by atoms with Crippen LogP contribution >= 0.6 is 0 Å². The van der Waals surface area contributed by atoms with E-state index in [1.165, 1.54) is 19.3 Å². The fourth-order valence-electron chi connectivity index (χ4n) is 2.19. The Bertz CT molecular complexity index is 202. The van der Waals surface area contributed by atoms with E-state index in [2.05, 4.69) is 24.2 Å².